The highest BCUT2D eigenvalue weighted by Crippen LogP contribution is 2.35. The largest absolute Gasteiger partial charge is 0.435 e. The molecule has 1 N–H and O–H groups in total. The molecule has 1 heterocycles. The SMILES string of the molecule is CCCC(O)CN(Cc1c(C)nn(-c2ccccc2)c1Oc1ccccc1F)CC1CC1. The second-order valence-electron chi connectivity index (χ2n) is 8.73. The number of rotatable bonds is 11. The number of para-hydroxylation sites is 2. The van der Waals surface area contributed by atoms with Gasteiger partial charge in [-0.05, 0) is 56.4 Å². The van der Waals surface area contributed by atoms with Crippen molar-refractivity contribution in [2.75, 3.05) is 13.1 Å². The summed E-state index contributed by atoms with van der Waals surface area (Å²) in [5, 5.41) is 15.2. The van der Waals surface area contributed by atoms with Crippen LogP contribution in [0.15, 0.2) is 54.6 Å². The van der Waals surface area contributed by atoms with Crippen LogP contribution in [0.3, 0.4) is 0 Å². The van der Waals surface area contributed by atoms with Crippen LogP contribution in [-0.4, -0.2) is 39.0 Å². The maximum atomic E-state index is 14.4. The molecule has 0 spiro atoms. The van der Waals surface area contributed by atoms with Gasteiger partial charge in [-0.15, -0.1) is 0 Å². The zero-order chi connectivity index (χ0) is 22.5. The van der Waals surface area contributed by atoms with E-state index < -0.39 is 5.82 Å². The molecule has 0 saturated heterocycles. The van der Waals surface area contributed by atoms with Crippen molar-refractivity contribution in [2.24, 2.45) is 5.92 Å². The van der Waals surface area contributed by atoms with Gasteiger partial charge in [-0.2, -0.15) is 5.10 Å². The van der Waals surface area contributed by atoms with Crippen LogP contribution in [0.4, 0.5) is 4.39 Å². The first kappa shape index (κ1) is 22.5. The van der Waals surface area contributed by atoms with Crippen molar-refractivity contribution in [2.45, 2.75) is 52.2 Å². The molecule has 1 unspecified atom stereocenters. The molecule has 32 heavy (non-hydrogen) atoms. The lowest BCUT2D eigenvalue weighted by Gasteiger charge is -2.25. The molecule has 1 aliphatic carbocycles. The first-order valence-electron chi connectivity index (χ1n) is 11.5. The lowest BCUT2D eigenvalue weighted by molar-refractivity contribution is 0.0977. The molecular weight excluding hydrogens is 405 g/mol. The van der Waals surface area contributed by atoms with Crippen molar-refractivity contribution in [3.8, 4) is 17.3 Å². The van der Waals surface area contributed by atoms with Crippen molar-refractivity contribution in [3.63, 3.8) is 0 Å². The first-order valence-corrected chi connectivity index (χ1v) is 11.5. The van der Waals surface area contributed by atoms with Crippen LogP contribution in [0.1, 0.15) is 43.9 Å². The Balaban J connectivity index is 1.69. The zero-order valence-corrected chi connectivity index (χ0v) is 18.9. The molecule has 6 heteroatoms. The molecule has 1 aromatic heterocycles. The molecule has 4 rings (SSSR count). The highest BCUT2D eigenvalue weighted by Gasteiger charge is 2.28. The van der Waals surface area contributed by atoms with E-state index in [1.807, 2.05) is 37.3 Å². The third-order valence-electron chi connectivity index (χ3n) is 5.87. The molecular formula is C26H32FN3O2. The van der Waals surface area contributed by atoms with Crippen LogP contribution in [0, 0.1) is 18.7 Å². The highest BCUT2D eigenvalue weighted by molar-refractivity contribution is 5.43. The number of hydrogen-bond donors (Lipinski definition) is 1. The highest BCUT2D eigenvalue weighted by atomic mass is 19.1. The van der Waals surface area contributed by atoms with E-state index >= 15 is 0 Å². The smallest absolute Gasteiger partial charge is 0.227 e. The van der Waals surface area contributed by atoms with Gasteiger partial charge in [-0.3, -0.25) is 4.90 Å². The predicted octanol–water partition coefficient (Wildman–Crippen LogP) is 5.49. The molecule has 5 nitrogen and oxygen atoms in total. The number of hydrogen-bond acceptors (Lipinski definition) is 4. The van der Waals surface area contributed by atoms with Gasteiger partial charge in [0.1, 0.15) is 0 Å². The van der Waals surface area contributed by atoms with E-state index in [0.29, 0.717) is 24.9 Å². The molecule has 1 aliphatic rings. The van der Waals surface area contributed by atoms with Gasteiger partial charge in [0.15, 0.2) is 11.6 Å². The molecule has 0 amide bonds. The van der Waals surface area contributed by atoms with Crippen molar-refractivity contribution >= 4 is 0 Å². The van der Waals surface area contributed by atoms with Gasteiger partial charge in [-0.25, -0.2) is 9.07 Å². The van der Waals surface area contributed by atoms with Crippen molar-refractivity contribution in [1.29, 1.82) is 0 Å². The maximum absolute atomic E-state index is 14.4. The van der Waals surface area contributed by atoms with Gasteiger partial charge in [0, 0.05) is 19.6 Å². The molecule has 170 valence electrons. The van der Waals surface area contributed by atoms with Gasteiger partial charge in [-0.1, -0.05) is 43.7 Å². The minimum absolute atomic E-state index is 0.172. The van der Waals surface area contributed by atoms with E-state index in [9.17, 15) is 9.50 Å². The van der Waals surface area contributed by atoms with Crippen molar-refractivity contribution < 1.29 is 14.2 Å². The molecule has 3 aromatic rings. The molecule has 0 bridgehead atoms. The van der Waals surface area contributed by atoms with Crippen LogP contribution >= 0.6 is 0 Å². The average molecular weight is 438 g/mol. The number of aliphatic hydroxyl groups excluding tert-OH is 1. The van der Waals surface area contributed by atoms with Crippen molar-refractivity contribution in [3.05, 3.63) is 71.7 Å². The van der Waals surface area contributed by atoms with Crippen LogP contribution < -0.4 is 4.74 Å². The normalized spacial score (nSPS) is 14.7. The van der Waals surface area contributed by atoms with Crippen molar-refractivity contribution in [1.82, 2.24) is 14.7 Å². The quantitative estimate of drug-likeness (QED) is 0.431. The number of aliphatic hydroxyl groups is 1. The number of halogens is 1. The summed E-state index contributed by atoms with van der Waals surface area (Å²) in [6.45, 7) is 6.19. The number of nitrogens with zero attached hydrogens (tertiary/aromatic N) is 3. The van der Waals surface area contributed by atoms with E-state index in [2.05, 4.69) is 11.8 Å². The van der Waals surface area contributed by atoms with Gasteiger partial charge in [0.2, 0.25) is 5.88 Å². The van der Waals surface area contributed by atoms with E-state index in [0.717, 1.165) is 36.3 Å². The monoisotopic (exact) mass is 437 g/mol. The number of aryl methyl sites for hydroxylation is 1. The summed E-state index contributed by atoms with van der Waals surface area (Å²) >= 11 is 0. The van der Waals surface area contributed by atoms with E-state index in [1.54, 1.807) is 22.9 Å². The van der Waals surface area contributed by atoms with Crippen LogP contribution in [0.25, 0.3) is 5.69 Å². The third kappa shape index (κ3) is 5.56. The van der Waals surface area contributed by atoms with Gasteiger partial charge in [0.25, 0.3) is 0 Å². The Morgan fingerprint density at radius 2 is 1.88 bits per heavy atom. The number of ether oxygens (including phenoxy) is 1. The fraction of sp³-hybridized carbons (Fsp3) is 0.423. The molecule has 2 aromatic carbocycles. The molecule has 1 saturated carbocycles. The predicted molar refractivity (Wildman–Crippen MR) is 124 cm³/mol. The minimum atomic E-state index is -0.412. The molecule has 1 atom stereocenters. The molecule has 0 radical (unpaired) electrons. The summed E-state index contributed by atoms with van der Waals surface area (Å²) in [6, 6.07) is 16.2. The maximum Gasteiger partial charge on any atom is 0.227 e. The summed E-state index contributed by atoms with van der Waals surface area (Å²) in [5.74, 6) is 0.963. The Labute approximate surface area is 189 Å². The average Bonchev–Trinajstić information content (AvgIpc) is 3.55. The van der Waals surface area contributed by atoms with E-state index in [4.69, 9.17) is 9.84 Å². The lowest BCUT2D eigenvalue weighted by atomic mass is 10.1. The Kier molecular flexibility index (Phi) is 7.22. The van der Waals surface area contributed by atoms with Crippen LogP contribution in [0.5, 0.6) is 11.6 Å². The van der Waals surface area contributed by atoms with Gasteiger partial charge < -0.3 is 9.84 Å². The fourth-order valence-electron chi connectivity index (χ4n) is 4.02. The number of aromatic nitrogens is 2. The Bertz CT molecular complexity index is 1020. The topological polar surface area (TPSA) is 50.5 Å². The zero-order valence-electron chi connectivity index (χ0n) is 18.9. The van der Waals surface area contributed by atoms with Crippen LogP contribution in [0.2, 0.25) is 0 Å². The third-order valence-corrected chi connectivity index (χ3v) is 5.87. The van der Waals surface area contributed by atoms with Crippen LogP contribution in [-0.2, 0) is 6.54 Å². The lowest BCUT2D eigenvalue weighted by Crippen LogP contribution is -2.33. The van der Waals surface area contributed by atoms with Gasteiger partial charge >= 0.3 is 0 Å². The minimum Gasteiger partial charge on any atom is -0.435 e. The molecule has 1 fully saturated rings. The first-order chi connectivity index (χ1) is 15.5. The van der Waals surface area contributed by atoms with E-state index in [1.165, 1.54) is 18.9 Å². The van der Waals surface area contributed by atoms with Gasteiger partial charge in [0.05, 0.1) is 23.0 Å². The standard InChI is InChI=1S/C26H32FN3O2/c1-3-9-22(31)17-29(16-20-14-15-20)18-23-19(2)28-30(21-10-5-4-6-11-21)26(23)32-25-13-8-7-12-24(25)27/h4-8,10-13,20,22,31H,3,9,14-18H2,1-2H3. The summed E-state index contributed by atoms with van der Waals surface area (Å²) < 4.78 is 22.4. The summed E-state index contributed by atoms with van der Waals surface area (Å²) in [6.07, 6.45) is 3.84. The Morgan fingerprint density at radius 3 is 2.56 bits per heavy atom. The Hall–Kier alpha value is -2.70. The second-order valence-corrected chi connectivity index (χ2v) is 8.73. The second kappa shape index (κ2) is 10.3. The summed E-state index contributed by atoms with van der Waals surface area (Å²) in [7, 11) is 0. The summed E-state index contributed by atoms with van der Waals surface area (Å²) in [5.41, 5.74) is 2.61. The number of benzene rings is 2. The fourth-order valence-corrected chi connectivity index (χ4v) is 4.02. The van der Waals surface area contributed by atoms with E-state index in [-0.39, 0.29) is 11.9 Å². The molecule has 0 aliphatic heterocycles. The Morgan fingerprint density at radius 1 is 1.16 bits per heavy atom. The summed E-state index contributed by atoms with van der Waals surface area (Å²) in [4.78, 5) is 2.30.